The van der Waals surface area contributed by atoms with Crippen molar-refractivity contribution in [3.63, 3.8) is 0 Å². The first-order valence-corrected chi connectivity index (χ1v) is 3.03. The van der Waals surface area contributed by atoms with Gasteiger partial charge in [-0.2, -0.15) is 0 Å². The summed E-state index contributed by atoms with van der Waals surface area (Å²) in [4.78, 5) is 9.87. The third-order valence-corrected chi connectivity index (χ3v) is 1.27. The molecule has 0 amide bonds. The summed E-state index contributed by atoms with van der Waals surface area (Å²) >= 11 is 0. The van der Waals surface area contributed by atoms with Crippen molar-refractivity contribution >= 4 is 11.8 Å². The maximum Gasteiger partial charge on any atom is 0.277 e. The molecule has 3 nitrogen and oxygen atoms in total. The van der Waals surface area contributed by atoms with Gasteiger partial charge in [-0.05, 0) is 6.07 Å². The summed E-state index contributed by atoms with van der Waals surface area (Å²) < 4.78 is 0. The van der Waals surface area contributed by atoms with Gasteiger partial charge in [-0.25, -0.2) is 0 Å². The highest BCUT2D eigenvalue weighted by Gasteiger charge is 2.08. The Kier molecular flexibility index (Phi) is 2.01. The fourth-order valence-corrected chi connectivity index (χ4v) is 0.764. The molecule has 0 fully saturated rings. The molecule has 0 atom stereocenters. The number of rotatable bonds is 2. The van der Waals surface area contributed by atoms with Crippen LogP contribution in [0.2, 0.25) is 0 Å². The van der Waals surface area contributed by atoms with Crippen LogP contribution in [0.3, 0.4) is 0 Å². The second kappa shape index (κ2) is 2.96. The van der Waals surface area contributed by atoms with Crippen LogP contribution in [-0.2, 0) is 0 Å². The third kappa shape index (κ3) is 1.43. The van der Waals surface area contributed by atoms with Crippen LogP contribution < -0.4 is 0 Å². The molecule has 0 aromatic heterocycles. The Bertz CT molecular complexity index is 294. The monoisotopic (exact) mass is 148 g/mol. The molecule has 1 radical (unpaired) electrons. The van der Waals surface area contributed by atoms with E-state index in [1.54, 1.807) is 12.1 Å². The molecular weight excluding hydrogens is 142 g/mol. The van der Waals surface area contributed by atoms with Crippen molar-refractivity contribution in [2.75, 3.05) is 0 Å². The highest BCUT2D eigenvalue weighted by molar-refractivity contribution is 5.58. The van der Waals surface area contributed by atoms with Crippen LogP contribution in [0.15, 0.2) is 24.8 Å². The van der Waals surface area contributed by atoms with E-state index in [-0.39, 0.29) is 5.69 Å². The van der Waals surface area contributed by atoms with Crippen molar-refractivity contribution in [1.82, 2.24) is 0 Å². The normalized spacial score (nSPS) is 9.09. The average Bonchev–Trinajstić information content (AvgIpc) is 2.04. The van der Waals surface area contributed by atoms with Crippen LogP contribution in [0.5, 0.6) is 0 Å². The van der Waals surface area contributed by atoms with Crippen molar-refractivity contribution in [2.45, 2.75) is 0 Å². The predicted molar refractivity (Wildman–Crippen MR) is 42.0 cm³/mol. The van der Waals surface area contributed by atoms with E-state index in [0.29, 0.717) is 5.56 Å². The Morgan fingerprint density at radius 2 is 2.45 bits per heavy atom. The number of nitro benzene ring substituents is 1. The molecule has 0 aliphatic heterocycles. The van der Waals surface area contributed by atoms with Crippen LogP contribution >= 0.6 is 0 Å². The lowest BCUT2D eigenvalue weighted by Crippen LogP contribution is -1.90. The summed E-state index contributed by atoms with van der Waals surface area (Å²) in [5.74, 6) is 0. The van der Waals surface area contributed by atoms with Crippen LogP contribution in [-0.4, -0.2) is 4.92 Å². The molecule has 0 unspecified atom stereocenters. The molecule has 0 spiro atoms. The molecule has 0 bridgehead atoms. The quantitative estimate of drug-likeness (QED) is 0.475. The minimum Gasteiger partial charge on any atom is -0.258 e. The maximum atomic E-state index is 10.3. The van der Waals surface area contributed by atoms with Crippen molar-refractivity contribution in [3.8, 4) is 0 Å². The van der Waals surface area contributed by atoms with E-state index in [0.717, 1.165) is 0 Å². The van der Waals surface area contributed by atoms with E-state index in [4.69, 9.17) is 0 Å². The minimum absolute atomic E-state index is 0.0440. The van der Waals surface area contributed by atoms with Crippen molar-refractivity contribution in [1.29, 1.82) is 0 Å². The Balaban J connectivity index is 3.22. The standard InChI is InChI=1S/C8H6NO2/c1-2-7-5-3-4-6-8(7)9(10)11/h2-4,6H,1H2. The molecule has 1 rings (SSSR count). The fraction of sp³-hybridized carbons (Fsp3) is 0. The van der Waals surface area contributed by atoms with Crippen molar-refractivity contribution in [2.24, 2.45) is 0 Å². The lowest BCUT2D eigenvalue weighted by Gasteiger charge is -1.93. The number of benzene rings is 1. The number of nitrogens with zero attached hydrogens (tertiary/aromatic N) is 1. The number of hydrogen-bond acceptors (Lipinski definition) is 2. The minimum atomic E-state index is -0.451. The van der Waals surface area contributed by atoms with Gasteiger partial charge in [-0.15, -0.1) is 0 Å². The Hall–Kier alpha value is -1.64. The van der Waals surface area contributed by atoms with Gasteiger partial charge < -0.3 is 0 Å². The Morgan fingerprint density at radius 3 is 2.91 bits per heavy atom. The SMILES string of the molecule is C=Cc1[c]cccc1[N+](=O)[O-]. The summed E-state index contributed by atoms with van der Waals surface area (Å²) in [5, 5.41) is 10.3. The molecule has 0 N–H and O–H groups in total. The summed E-state index contributed by atoms with van der Waals surface area (Å²) in [6, 6.07) is 7.32. The Morgan fingerprint density at radius 1 is 1.73 bits per heavy atom. The van der Waals surface area contributed by atoms with Gasteiger partial charge in [0, 0.05) is 6.07 Å². The van der Waals surface area contributed by atoms with Crippen LogP contribution in [0.1, 0.15) is 5.56 Å². The van der Waals surface area contributed by atoms with E-state index >= 15 is 0 Å². The van der Waals surface area contributed by atoms with E-state index in [1.165, 1.54) is 12.1 Å². The first-order valence-electron chi connectivity index (χ1n) is 3.03. The summed E-state index contributed by atoms with van der Waals surface area (Å²) in [7, 11) is 0. The fourth-order valence-electron chi connectivity index (χ4n) is 0.764. The first-order chi connectivity index (χ1) is 5.25. The molecular formula is C8H6NO2. The molecule has 11 heavy (non-hydrogen) atoms. The van der Waals surface area contributed by atoms with E-state index in [1.807, 2.05) is 0 Å². The zero-order chi connectivity index (χ0) is 8.27. The highest BCUT2D eigenvalue weighted by Crippen LogP contribution is 2.17. The zero-order valence-electron chi connectivity index (χ0n) is 5.78. The summed E-state index contributed by atoms with van der Waals surface area (Å²) in [6.07, 6.45) is 1.41. The molecule has 0 saturated heterocycles. The van der Waals surface area contributed by atoms with E-state index in [9.17, 15) is 10.1 Å². The number of nitro groups is 1. The van der Waals surface area contributed by atoms with E-state index < -0.39 is 4.92 Å². The summed E-state index contributed by atoms with van der Waals surface area (Å²) in [6.45, 7) is 3.44. The van der Waals surface area contributed by atoms with Gasteiger partial charge in [0.15, 0.2) is 0 Å². The maximum absolute atomic E-state index is 10.3. The van der Waals surface area contributed by atoms with Crippen LogP contribution in [0, 0.1) is 16.2 Å². The highest BCUT2D eigenvalue weighted by atomic mass is 16.6. The lowest BCUT2D eigenvalue weighted by atomic mass is 10.2. The van der Waals surface area contributed by atoms with Crippen LogP contribution in [0.25, 0.3) is 6.08 Å². The topological polar surface area (TPSA) is 43.1 Å². The zero-order valence-corrected chi connectivity index (χ0v) is 5.78. The molecule has 55 valence electrons. The van der Waals surface area contributed by atoms with Gasteiger partial charge in [0.25, 0.3) is 5.69 Å². The molecule has 0 heterocycles. The molecule has 0 aliphatic carbocycles. The van der Waals surface area contributed by atoms with E-state index in [2.05, 4.69) is 12.6 Å². The molecule has 0 saturated carbocycles. The van der Waals surface area contributed by atoms with Crippen LogP contribution in [0.4, 0.5) is 5.69 Å². The molecule has 0 aliphatic rings. The van der Waals surface area contributed by atoms with Gasteiger partial charge in [0.05, 0.1) is 10.5 Å². The second-order valence-electron chi connectivity index (χ2n) is 1.93. The third-order valence-electron chi connectivity index (χ3n) is 1.27. The summed E-state index contributed by atoms with van der Waals surface area (Å²) in [5.41, 5.74) is 0.472. The lowest BCUT2D eigenvalue weighted by molar-refractivity contribution is -0.385. The Labute approximate surface area is 64.1 Å². The smallest absolute Gasteiger partial charge is 0.258 e. The first kappa shape index (κ1) is 7.47. The van der Waals surface area contributed by atoms with Gasteiger partial charge in [0.2, 0.25) is 0 Å². The van der Waals surface area contributed by atoms with Gasteiger partial charge >= 0.3 is 0 Å². The van der Waals surface area contributed by atoms with Gasteiger partial charge in [0.1, 0.15) is 0 Å². The average molecular weight is 148 g/mol. The van der Waals surface area contributed by atoms with Crippen molar-refractivity contribution in [3.05, 3.63) is 46.5 Å². The molecule has 1 aromatic carbocycles. The second-order valence-corrected chi connectivity index (χ2v) is 1.93. The predicted octanol–water partition coefficient (Wildman–Crippen LogP) is 2.04. The molecule has 1 aromatic rings. The molecule has 3 heteroatoms. The van der Waals surface area contributed by atoms with Crippen molar-refractivity contribution < 1.29 is 4.92 Å². The van der Waals surface area contributed by atoms with Gasteiger partial charge in [-0.1, -0.05) is 24.8 Å². The largest absolute Gasteiger partial charge is 0.277 e. The number of hydrogen-bond donors (Lipinski definition) is 0. The van der Waals surface area contributed by atoms with Gasteiger partial charge in [-0.3, -0.25) is 10.1 Å².